The largest absolute Gasteiger partial charge is 0.469 e. The molecule has 5 heteroatoms. The van der Waals surface area contributed by atoms with Crippen LogP contribution in [0.2, 0.25) is 0 Å². The molecule has 0 heterocycles. The maximum atomic E-state index is 12.1. The van der Waals surface area contributed by atoms with E-state index < -0.39 is 0 Å². The molecule has 0 atom stereocenters. The Morgan fingerprint density at radius 3 is 2.46 bits per heavy atom. The second-order valence-corrected chi connectivity index (χ2v) is 6.96. The summed E-state index contributed by atoms with van der Waals surface area (Å²) in [6.45, 7) is 0. The molecular weight excluding hydrogens is 302 g/mol. The number of methoxy groups -OCH3 is 1. The fourth-order valence-corrected chi connectivity index (χ4v) is 4.12. The Labute approximate surface area is 144 Å². The van der Waals surface area contributed by atoms with E-state index in [4.69, 9.17) is 16.2 Å². The van der Waals surface area contributed by atoms with E-state index in [-0.39, 0.29) is 18.3 Å². The number of fused-ring (bicyclic) bond motifs is 2. The van der Waals surface area contributed by atoms with Gasteiger partial charge in [-0.1, -0.05) is 30.3 Å². The number of benzene rings is 1. The van der Waals surface area contributed by atoms with Crippen molar-refractivity contribution >= 4 is 11.7 Å². The summed E-state index contributed by atoms with van der Waals surface area (Å²) in [4.78, 5) is 12.1. The Morgan fingerprint density at radius 2 is 1.83 bits per heavy atom. The standard InChI is InChI=1S/C19H25N3O2.H2/c1-24-17(23)18-9-11-19(13-18,12-10-18)22-16(21)8-7-15(20)14-5-3-2-4-6-14;/h2-8,22H,9-13,20-21H2,1H3;1H/b15-7-,16-8+;. The Morgan fingerprint density at radius 1 is 1.17 bits per heavy atom. The van der Waals surface area contributed by atoms with Gasteiger partial charge in [0.2, 0.25) is 0 Å². The van der Waals surface area contributed by atoms with E-state index in [9.17, 15) is 4.79 Å². The highest BCUT2D eigenvalue weighted by Gasteiger charge is 2.58. The number of carbonyl (C=O) groups is 1. The van der Waals surface area contributed by atoms with Crippen LogP contribution < -0.4 is 16.8 Å². The molecular formula is C19H27N3O2. The van der Waals surface area contributed by atoms with Crippen LogP contribution in [0.25, 0.3) is 5.70 Å². The second kappa shape index (κ2) is 6.23. The van der Waals surface area contributed by atoms with Gasteiger partial charge in [-0.3, -0.25) is 4.79 Å². The number of nitrogens with one attached hydrogen (secondary N) is 1. The normalized spacial score (nSPS) is 29.5. The molecule has 0 radical (unpaired) electrons. The monoisotopic (exact) mass is 329 g/mol. The lowest BCUT2D eigenvalue weighted by Gasteiger charge is -2.29. The predicted octanol–water partition coefficient (Wildman–Crippen LogP) is 2.50. The zero-order valence-corrected chi connectivity index (χ0v) is 14.0. The summed E-state index contributed by atoms with van der Waals surface area (Å²) < 4.78 is 4.99. The van der Waals surface area contributed by atoms with Crippen LogP contribution in [-0.2, 0) is 9.53 Å². The van der Waals surface area contributed by atoms with Crippen LogP contribution in [0.5, 0.6) is 0 Å². The molecule has 0 spiro atoms. The Hall–Kier alpha value is -2.43. The first-order valence-corrected chi connectivity index (χ1v) is 8.34. The highest BCUT2D eigenvalue weighted by Crippen LogP contribution is 2.57. The van der Waals surface area contributed by atoms with Crippen molar-refractivity contribution in [3.05, 3.63) is 53.9 Å². The number of hydrogen-bond donors (Lipinski definition) is 3. The molecule has 2 aliphatic rings. The zero-order chi connectivity index (χ0) is 17.2. The van der Waals surface area contributed by atoms with Crippen LogP contribution in [0, 0.1) is 5.41 Å². The summed E-state index contributed by atoms with van der Waals surface area (Å²) in [7, 11) is 1.47. The number of carbonyl (C=O) groups excluding carboxylic acids is 1. The highest BCUT2D eigenvalue weighted by atomic mass is 16.5. The fourth-order valence-electron chi connectivity index (χ4n) is 4.12. The van der Waals surface area contributed by atoms with Gasteiger partial charge < -0.3 is 21.5 Å². The van der Waals surface area contributed by atoms with Gasteiger partial charge in [-0.2, -0.15) is 0 Å². The molecule has 2 saturated carbocycles. The third-order valence-corrected chi connectivity index (χ3v) is 5.42. The number of allylic oxidation sites excluding steroid dienone is 2. The molecule has 2 fully saturated rings. The molecule has 0 saturated heterocycles. The first-order chi connectivity index (χ1) is 11.5. The van der Waals surface area contributed by atoms with Gasteiger partial charge in [0.1, 0.15) is 0 Å². The number of nitrogens with two attached hydrogens (primary N) is 2. The predicted molar refractivity (Wildman–Crippen MR) is 96.4 cm³/mol. The van der Waals surface area contributed by atoms with Crippen LogP contribution in [0.15, 0.2) is 48.3 Å². The highest BCUT2D eigenvalue weighted by molar-refractivity contribution is 5.78. The summed E-state index contributed by atoms with van der Waals surface area (Å²) in [5.41, 5.74) is 13.4. The van der Waals surface area contributed by atoms with E-state index >= 15 is 0 Å². The third kappa shape index (κ3) is 2.98. The van der Waals surface area contributed by atoms with E-state index in [1.54, 1.807) is 6.08 Å². The van der Waals surface area contributed by atoms with Crippen molar-refractivity contribution in [3.8, 4) is 0 Å². The molecule has 0 amide bonds. The van der Waals surface area contributed by atoms with E-state index in [1.807, 2.05) is 36.4 Å². The molecule has 2 bridgehead atoms. The minimum atomic E-state index is -0.319. The SMILES string of the molecule is COC(=O)C12CCC(N/C(N)=C/C=C(\N)c3ccccc3)(CC1)C2.[HH]. The Kier molecular flexibility index (Phi) is 4.26. The van der Waals surface area contributed by atoms with Gasteiger partial charge in [0.05, 0.1) is 18.3 Å². The van der Waals surface area contributed by atoms with Crippen molar-refractivity contribution in [2.75, 3.05) is 7.11 Å². The van der Waals surface area contributed by atoms with E-state index in [0.29, 0.717) is 11.5 Å². The maximum absolute atomic E-state index is 12.1. The van der Waals surface area contributed by atoms with Gasteiger partial charge in [0.25, 0.3) is 0 Å². The van der Waals surface area contributed by atoms with Crippen LogP contribution >= 0.6 is 0 Å². The van der Waals surface area contributed by atoms with Gasteiger partial charge in [-0.25, -0.2) is 0 Å². The average Bonchev–Trinajstić information content (AvgIpc) is 3.16. The van der Waals surface area contributed by atoms with Crippen LogP contribution in [-0.4, -0.2) is 18.6 Å². The fraction of sp³-hybridized carbons (Fsp3) is 0.421. The quantitative estimate of drug-likeness (QED) is 0.570. The van der Waals surface area contributed by atoms with Crippen molar-refractivity contribution in [1.82, 2.24) is 5.32 Å². The Balaban J connectivity index is 0.00000225. The van der Waals surface area contributed by atoms with Gasteiger partial charge in [0.15, 0.2) is 0 Å². The topological polar surface area (TPSA) is 90.4 Å². The maximum Gasteiger partial charge on any atom is 0.311 e. The summed E-state index contributed by atoms with van der Waals surface area (Å²) in [6, 6.07) is 9.77. The average molecular weight is 329 g/mol. The number of rotatable bonds is 5. The first kappa shape index (κ1) is 16.4. The van der Waals surface area contributed by atoms with Crippen molar-refractivity contribution in [1.29, 1.82) is 0 Å². The molecule has 24 heavy (non-hydrogen) atoms. The summed E-state index contributed by atoms with van der Waals surface area (Å²) >= 11 is 0. The van der Waals surface area contributed by atoms with E-state index in [0.717, 1.165) is 37.7 Å². The molecule has 5 nitrogen and oxygen atoms in total. The molecule has 0 aliphatic heterocycles. The van der Waals surface area contributed by atoms with Crippen molar-refractivity contribution < 1.29 is 11.0 Å². The van der Waals surface area contributed by atoms with Crippen LogP contribution in [0.4, 0.5) is 0 Å². The lowest BCUT2D eigenvalue weighted by atomic mass is 9.84. The smallest absolute Gasteiger partial charge is 0.311 e. The lowest BCUT2D eigenvalue weighted by molar-refractivity contribution is -0.152. The van der Waals surface area contributed by atoms with Crippen LogP contribution in [0.1, 0.15) is 39.1 Å². The summed E-state index contributed by atoms with van der Waals surface area (Å²) in [6.07, 6.45) is 8.01. The Bertz CT molecular complexity index is 677. The molecule has 0 unspecified atom stereocenters. The molecule has 0 aromatic heterocycles. The van der Waals surface area contributed by atoms with E-state index in [1.165, 1.54) is 7.11 Å². The molecule has 2 aliphatic carbocycles. The minimum Gasteiger partial charge on any atom is -0.469 e. The van der Waals surface area contributed by atoms with Crippen molar-refractivity contribution in [2.45, 2.75) is 37.6 Å². The number of ether oxygens (including phenoxy) is 1. The number of hydrogen-bond acceptors (Lipinski definition) is 5. The molecule has 5 N–H and O–H groups in total. The van der Waals surface area contributed by atoms with Gasteiger partial charge in [-0.15, -0.1) is 0 Å². The van der Waals surface area contributed by atoms with Crippen LogP contribution in [0.3, 0.4) is 0 Å². The summed E-state index contributed by atoms with van der Waals surface area (Å²) in [5, 5.41) is 3.43. The lowest BCUT2D eigenvalue weighted by Crippen LogP contribution is -2.42. The minimum absolute atomic E-state index is 0. The molecule has 1 aromatic carbocycles. The molecule has 130 valence electrons. The molecule has 1 aromatic rings. The van der Waals surface area contributed by atoms with Gasteiger partial charge in [-0.05, 0) is 49.8 Å². The summed E-state index contributed by atoms with van der Waals surface area (Å²) in [5.74, 6) is 0.496. The van der Waals surface area contributed by atoms with Crippen molar-refractivity contribution in [3.63, 3.8) is 0 Å². The first-order valence-electron chi connectivity index (χ1n) is 8.34. The third-order valence-electron chi connectivity index (χ3n) is 5.42. The second-order valence-electron chi connectivity index (χ2n) is 6.96. The van der Waals surface area contributed by atoms with Crippen molar-refractivity contribution in [2.24, 2.45) is 16.9 Å². The van der Waals surface area contributed by atoms with Gasteiger partial charge in [0, 0.05) is 12.7 Å². The molecule has 3 rings (SSSR count). The van der Waals surface area contributed by atoms with E-state index in [2.05, 4.69) is 5.32 Å². The number of esters is 1. The zero-order valence-electron chi connectivity index (χ0n) is 14.0. The van der Waals surface area contributed by atoms with Gasteiger partial charge >= 0.3 is 5.97 Å².